The van der Waals surface area contributed by atoms with E-state index in [1.807, 2.05) is 0 Å². The number of nitrogens with zero attached hydrogens (tertiary/aromatic N) is 1. The number of alkyl halides is 5. The highest BCUT2D eigenvalue weighted by atomic mass is 19.4. The average Bonchev–Trinajstić information content (AvgIpc) is 2.89. The fraction of sp³-hybridized carbons (Fsp3) is 0.250. The third-order valence-corrected chi connectivity index (χ3v) is 6.10. The van der Waals surface area contributed by atoms with Crippen molar-refractivity contribution in [2.75, 3.05) is 23.4 Å². The van der Waals surface area contributed by atoms with Crippen molar-refractivity contribution in [1.29, 1.82) is 0 Å². The summed E-state index contributed by atoms with van der Waals surface area (Å²) in [5.41, 5.74) is -4.22. The molecule has 0 bridgehead atoms. The third kappa shape index (κ3) is 6.42. The number of carbonyl (C=O) groups is 3. The van der Waals surface area contributed by atoms with E-state index in [9.17, 15) is 36.3 Å². The first-order chi connectivity index (χ1) is 18.3. The van der Waals surface area contributed by atoms with Crippen LogP contribution in [0.15, 0.2) is 66.7 Å². The first kappa shape index (κ1) is 29.3. The number of anilines is 2. The lowest BCUT2D eigenvalue weighted by molar-refractivity contribution is -0.240. The summed E-state index contributed by atoms with van der Waals surface area (Å²) in [4.78, 5) is 38.6. The molecule has 0 aromatic heterocycles. The third-order valence-electron chi connectivity index (χ3n) is 6.10. The lowest BCUT2D eigenvalue weighted by Gasteiger charge is -2.27. The summed E-state index contributed by atoms with van der Waals surface area (Å²) in [5, 5.41) is 11.7. The molecule has 0 aliphatic carbocycles. The van der Waals surface area contributed by atoms with Gasteiger partial charge in [-0.05, 0) is 55.3 Å². The van der Waals surface area contributed by atoms with Crippen LogP contribution in [0.1, 0.15) is 43.8 Å². The molecule has 0 saturated heterocycles. The number of amides is 2. The molecule has 1 atom stereocenters. The number of carbonyl (C=O) groups excluding carboxylic acids is 2. The summed E-state index contributed by atoms with van der Waals surface area (Å²) in [6.45, 7) is 0.230. The highest BCUT2D eigenvalue weighted by molar-refractivity contribution is 6.09. The Hall–Kier alpha value is -4.28. The van der Waals surface area contributed by atoms with Crippen LogP contribution in [0.5, 0.6) is 0 Å². The summed E-state index contributed by atoms with van der Waals surface area (Å²) < 4.78 is 67.3. The highest BCUT2D eigenvalue weighted by Crippen LogP contribution is 2.44. The number of rotatable bonds is 9. The molecule has 3 rings (SSSR count). The smallest absolute Gasteiger partial charge is 0.429 e. The van der Waals surface area contributed by atoms with Crippen LogP contribution < -0.4 is 10.2 Å². The van der Waals surface area contributed by atoms with E-state index in [2.05, 4.69) is 5.32 Å². The lowest BCUT2D eigenvalue weighted by Crippen LogP contribution is -2.40. The molecule has 39 heavy (non-hydrogen) atoms. The first-order valence-electron chi connectivity index (χ1n) is 11.7. The number of aryl methyl sites for hydroxylation is 2. The summed E-state index contributed by atoms with van der Waals surface area (Å²) in [7, 11) is 0. The molecule has 0 fully saturated rings. The molecule has 3 aromatic carbocycles. The quantitative estimate of drug-likeness (QED) is 0.304. The normalized spacial score (nSPS) is 12.9. The minimum atomic E-state index is -5.48. The van der Waals surface area contributed by atoms with Crippen molar-refractivity contribution in [2.45, 2.75) is 32.1 Å². The molecule has 0 aliphatic rings. The Kier molecular flexibility index (Phi) is 8.73. The molecule has 0 heterocycles. The zero-order valence-corrected chi connectivity index (χ0v) is 21.0. The van der Waals surface area contributed by atoms with Crippen LogP contribution in [0.2, 0.25) is 0 Å². The van der Waals surface area contributed by atoms with Crippen molar-refractivity contribution in [3.05, 3.63) is 94.5 Å². The van der Waals surface area contributed by atoms with Crippen molar-refractivity contribution in [1.82, 2.24) is 0 Å². The van der Waals surface area contributed by atoms with E-state index in [-0.39, 0.29) is 41.0 Å². The summed E-state index contributed by atoms with van der Waals surface area (Å²) >= 11 is 0. The summed E-state index contributed by atoms with van der Waals surface area (Å²) in [6, 6.07) is 15.6. The zero-order valence-electron chi connectivity index (χ0n) is 21.0. The van der Waals surface area contributed by atoms with Gasteiger partial charge in [0.1, 0.15) is 6.67 Å². The first-order valence-corrected chi connectivity index (χ1v) is 11.7. The largest absolute Gasteiger partial charge is 0.481 e. The molecule has 3 aromatic rings. The standard InChI is InChI=1S/C28H25F5N2O4/c1-17-13-21(27(30,16-29)28(31,32)33)14-18(2)24(17)34-25(38)20-9-6-10-22(15-20)35(12-11-23(36)37)26(39)19-7-4-3-5-8-19/h3-10,13-15H,11-12,16H2,1-2H3,(H,34,38)(H,36,37). The van der Waals surface area contributed by atoms with Gasteiger partial charge < -0.3 is 15.3 Å². The van der Waals surface area contributed by atoms with Crippen LogP contribution in [0, 0.1) is 13.8 Å². The second kappa shape index (κ2) is 11.6. The maximum absolute atomic E-state index is 14.5. The molecular weight excluding hydrogens is 523 g/mol. The Bertz CT molecular complexity index is 1350. The maximum atomic E-state index is 14.5. The van der Waals surface area contributed by atoms with Crippen molar-refractivity contribution >= 4 is 29.2 Å². The monoisotopic (exact) mass is 548 g/mol. The van der Waals surface area contributed by atoms with Gasteiger partial charge >= 0.3 is 12.1 Å². The summed E-state index contributed by atoms with van der Waals surface area (Å²) in [6.07, 6.45) is -5.83. The molecule has 206 valence electrons. The van der Waals surface area contributed by atoms with Gasteiger partial charge in [-0.2, -0.15) is 13.2 Å². The van der Waals surface area contributed by atoms with Crippen LogP contribution in [-0.4, -0.2) is 42.3 Å². The summed E-state index contributed by atoms with van der Waals surface area (Å²) in [5.74, 6) is -2.29. The molecule has 2 amide bonds. The van der Waals surface area contributed by atoms with Crippen LogP contribution >= 0.6 is 0 Å². The van der Waals surface area contributed by atoms with Crippen molar-refractivity contribution in [3.63, 3.8) is 0 Å². The molecule has 0 saturated carbocycles. The van der Waals surface area contributed by atoms with E-state index in [0.29, 0.717) is 5.56 Å². The number of hydrogen-bond acceptors (Lipinski definition) is 3. The van der Waals surface area contributed by atoms with E-state index in [0.717, 1.165) is 12.1 Å². The van der Waals surface area contributed by atoms with Crippen molar-refractivity contribution < 1.29 is 41.4 Å². The van der Waals surface area contributed by atoms with E-state index < -0.39 is 41.9 Å². The van der Waals surface area contributed by atoms with E-state index >= 15 is 0 Å². The lowest BCUT2D eigenvalue weighted by atomic mass is 9.92. The van der Waals surface area contributed by atoms with Crippen molar-refractivity contribution in [3.8, 4) is 0 Å². The Balaban J connectivity index is 1.92. The molecule has 6 nitrogen and oxygen atoms in total. The molecular formula is C28H25F5N2O4. The van der Waals surface area contributed by atoms with E-state index in [1.165, 1.54) is 43.0 Å². The second-order valence-corrected chi connectivity index (χ2v) is 8.89. The maximum Gasteiger partial charge on any atom is 0.429 e. The molecule has 0 aliphatic heterocycles. The van der Waals surface area contributed by atoms with Gasteiger partial charge in [0.25, 0.3) is 17.5 Å². The number of benzene rings is 3. The van der Waals surface area contributed by atoms with Gasteiger partial charge in [0.05, 0.1) is 6.42 Å². The number of carboxylic acid groups (broad SMARTS) is 1. The Morgan fingerprint density at radius 1 is 0.872 bits per heavy atom. The number of aliphatic carboxylic acids is 1. The van der Waals surface area contributed by atoms with Gasteiger partial charge in [0, 0.05) is 34.6 Å². The minimum absolute atomic E-state index is 0.0652. The second-order valence-electron chi connectivity index (χ2n) is 8.89. The van der Waals surface area contributed by atoms with Crippen LogP contribution in [0.4, 0.5) is 33.3 Å². The Labute approximate surface area is 221 Å². The van der Waals surface area contributed by atoms with Crippen LogP contribution in [0.3, 0.4) is 0 Å². The van der Waals surface area contributed by atoms with Gasteiger partial charge in [0.2, 0.25) is 0 Å². The number of hydrogen-bond donors (Lipinski definition) is 2. The van der Waals surface area contributed by atoms with Crippen LogP contribution in [0.25, 0.3) is 0 Å². The highest BCUT2D eigenvalue weighted by Gasteiger charge is 2.57. The number of halogens is 5. The van der Waals surface area contributed by atoms with Gasteiger partial charge in [-0.1, -0.05) is 36.4 Å². The predicted molar refractivity (Wildman–Crippen MR) is 135 cm³/mol. The van der Waals surface area contributed by atoms with E-state index in [1.54, 1.807) is 30.3 Å². The van der Waals surface area contributed by atoms with Gasteiger partial charge in [-0.15, -0.1) is 0 Å². The fourth-order valence-electron chi connectivity index (χ4n) is 4.00. The molecule has 1 unspecified atom stereocenters. The topological polar surface area (TPSA) is 86.7 Å². The van der Waals surface area contributed by atoms with Gasteiger partial charge in [0.15, 0.2) is 0 Å². The zero-order chi connectivity index (χ0) is 29.0. The molecule has 2 N–H and O–H groups in total. The average molecular weight is 549 g/mol. The molecule has 0 spiro atoms. The predicted octanol–water partition coefficient (Wildman–Crippen LogP) is 6.37. The Morgan fingerprint density at radius 2 is 1.46 bits per heavy atom. The van der Waals surface area contributed by atoms with E-state index in [4.69, 9.17) is 5.11 Å². The molecule has 0 radical (unpaired) electrons. The van der Waals surface area contributed by atoms with Gasteiger partial charge in [-0.25, -0.2) is 8.78 Å². The van der Waals surface area contributed by atoms with Crippen molar-refractivity contribution in [2.24, 2.45) is 0 Å². The molecule has 11 heteroatoms. The number of carboxylic acids is 1. The van der Waals surface area contributed by atoms with Gasteiger partial charge in [-0.3, -0.25) is 14.4 Å². The Morgan fingerprint density at radius 3 is 2.00 bits per heavy atom. The fourth-order valence-corrected chi connectivity index (χ4v) is 4.00. The number of nitrogens with one attached hydrogen (secondary N) is 1. The SMILES string of the molecule is Cc1cc(C(F)(CF)C(F)(F)F)cc(C)c1NC(=O)c1cccc(N(CCC(=O)O)C(=O)c2ccccc2)c1. The van der Waals surface area contributed by atoms with Crippen LogP contribution in [-0.2, 0) is 10.5 Å². The minimum Gasteiger partial charge on any atom is -0.481 e.